The molecule has 2 aliphatic heterocycles. The summed E-state index contributed by atoms with van der Waals surface area (Å²) in [5.41, 5.74) is 4.35. The third kappa shape index (κ3) is 8.78. The van der Waals surface area contributed by atoms with Crippen molar-refractivity contribution in [2.45, 2.75) is 40.0 Å². The fourth-order valence-electron chi connectivity index (χ4n) is 3.44. The molecule has 0 bridgehead atoms. The Labute approximate surface area is 194 Å². The summed E-state index contributed by atoms with van der Waals surface area (Å²) in [5, 5.41) is 20.9. The van der Waals surface area contributed by atoms with Crippen molar-refractivity contribution in [3.05, 3.63) is 73.3 Å². The van der Waals surface area contributed by atoms with Crippen molar-refractivity contribution in [2.75, 3.05) is 44.4 Å². The molecule has 9 heteroatoms. The lowest BCUT2D eigenvalue weighted by Crippen LogP contribution is -2.36. The van der Waals surface area contributed by atoms with Crippen molar-refractivity contribution < 1.29 is 19.3 Å². The summed E-state index contributed by atoms with van der Waals surface area (Å²) in [6, 6.07) is 9.84. The number of rotatable bonds is 3. The summed E-state index contributed by atoms with van der Waals surface area (Å²) in [4.78, 5) is 22.3. The monoisotopic (exact) mass is 459 g/mol. The van der Waals surface area contributed by atoms with Gasteiger partial charge in [0.1, 0.15) is 0 Å². The third-order valence-corrected chi connectivity index (χ3v) is 5.52. The molecule has 4 rings (SSSR count). The highest BCUT2D eigenvalue weighted by Crippen LogP contribution is 2.25. The molecule has 0 aromatic heterocycles. The topological polar surface area (TPSA) is 108 Å². The molecule has 0 atom stereocenters. The summed E-state index contributed by atoms with van der Waals surface area (Å²) in [7, 11) is 0. The molecule has 0 radical (unpaired) electrons. The molecule has 2 heterocycles. The lowest BCUT2D eigenvalue weighted by Gasteiger charge is -2.29. The van der Waals surface area contributed by atoms with E-state index in [9.17, 15) is 20.2 Å². The minimum absolute atomic E-state index is 0.148. The van der Waals surface area contributed by atoms with Gasteiger partial charge < -0.3 is 14.4 Å². The molecule has 9 nitrogen and oxygen atoms in total. The molecule has 2 aliphatic rings. The number of hydrogen-bond donors (Lipinski definition) is 0. The van der Waals surface area contributed by atoms with Gasteiger partial charge in [-0.1, -0.05) is 6.07 Å². The second-order valence-corrected chi connectivity index (χ2v) is 8.03. The highest BCUT2D eigenvalue weighted by atomic mass is 16.6. The van der Waals surface area contributed by atoms with E-state index in [0.29, 0.717) is 0 Å². The predicted octanol–water partition coefficient (Wildman–Crippen LogP) is 5.14. The van der Waals surface area contributed by atoms with Crippen LogP contribution >= 0.6 is 0 Å². The van der Waals surface area contributed by atoms with Crippen molar-refractivity contribution in [2.24, 2.45) is 0 Å². The maximum Gasteiger partial charge on any atom is 0.269 e. The molecule has 0 spiro atoms. The van der Waals surface area contributed by atoms with Crippen LogP contribution in [0.3, 0.4) is 0 Å². The van der Waals surface area contributed by atoms with Crippen molar-refractivity contribution >= 4 is 17.1 Å². The Morgan fingerprint density at radius 2 is 1.21 bits per heavy atom. The first-order valence-corrected chi connectivity index (χ1v) is 11.2. The zero-order valence-corrected chi connectivity index (χ0v) is 19.6. The number of nitro benzene ring substituents is 2. The predicted molar refractivity (Wildman–Crippen MR) is 128 cm³/mol. The van der Waals surface area contributed by atoms with Gasteiger partial charge in [-0.3, -0.25) is 20.2 Å². The maximum atomic E-state index is 10.6. The Balaban J connectivity index is 0.000000195. The number of nitrogens with zero attached hydrogens (tertiary/aromatic N) is 3. The first kappa shape index (κ1) is 26.2. The Morgan fingerprint density at radius 3 is 1.64 bits per heavy atom. The van der Waals surface area contributed by atoms with Gasteiger partial charge in [-0.05, 0) is 62.8 Å². The van der Waals surface area contributed by atoms with Gasteiger partial charge in [0.25, 0.3) is 11.4 Å². The van der Waals surface area contributed by atoms with E-state index in [0.717, 1.165) is 61.9 Å². The standard InChI is InChI=1S/C11H14N2O3.C8H9NO2.C5H10O/c1-9-8-10(13(14)15)2-3-11(9)12-4-6-16-7-5-12;1-6-3-4-8(9(10)11)5-7(6)2;1-2-4-6-5-3-1/h2-3,8H,4-7H2,1H3;3-5H,1-2H3;1-5H2. The van der Waals surface area contributed by atoms with Gasteiger partial charge in [0, 0.05) is 56.3 Å². The average Bonchev–Trinajstić information content (AvgIpc) is 2.83. The fraction of sp³-hybridized carbons (Fsp3) is 0.500. The van der Waals surface area contributed by atoms with Crippen molar-refractivity contribution in [1.29, 1.82) is 0 Å². The lowest BCUT2D eigenvalue weighted by atomic mass is 10.1. The lowest BCUT2D eigenvalue weighted by molar-refractivity contribution is -0.385. The third-order valence-electron chi connectivity index (χ3n) is 5.52. The van der Waals surface area contributed by atoms with Crippen molar-refractivity contribution in [1.82, 2.24) is 0 Å². The molecule has 0 amide bonds. The van der Waals surface area contributed by atoms with Gasteiger partial charge in [-0.25, -0.2) is 0 Å². The molecular weight excluding hydrogens is 426 g/mol. The highest BCUT2D eigenvalue weighted by molar-refractivity contribution is 5.57. The maximum absolute atomic E-state index is 10.6. The van der Waals surface area contributed by atoms with Gasteiger partial charge in [0.2, 0.25) is 0 Å². The number of non-ortho nitro benzene ring substituents is 2. The van der Waals surface area contributed by atoms with Crippen LogP contribution in [-0.2, 0) is 9.47 Å². The number of nitro groups is 2. The number of morpholine rings is 1. The summed E-state index contributed by atoms with van der Waals surface area (Å²) >= 11 is 0. The molecule has 2 aromatic carbocycles. The van der Waals surface area contributed by atoms with E-state index in [2.05, 4.69) is 4.90 Å². The average molecular weight is 460 g/mol. The van der Waals surface area contributed by atoms with Crippen LogP contribution in [0, 0.1) is 41.0 Å². The summed E-state index contributed by atoms with van der Waals surface area (Å²) < 4.78 is 10.3. The minimum Gasteiger partial charge on any atom is -0.381 e. The van der Waals surface area contributed by atoms with Gasteiger partial charge >= 0.3 is 0 Å². The molecule has 0 saturated carbocycles. The van der Waals surface area contributed by atoms with E-state index in [-0.39, 0.29) is 21.2 Å². The molecule has 180 valence electrons. The van der Waals surface area contributed by atoms with Gasteiger partial charge in [0.15, 0.2) is 0 Å². The second kappa shape index (κ2) is 13.5. The van der Waals surface area contributed by atoms with Crippen LogP contribution in [0.5, 0.6) is 0 Å². The number of benzene rings is 2. The van der Waals surface area contributed by atoms with Gasteiger partial charge in [-0.2, -0.15) is 0 Å². The molecular formula is C24H33N3O6. The highest BCUT2D eigenvalue weighted by Gasteiger charge is 2.15. The van der Waals surface area contributed by atoms with E-state index < -0.39 is 0 Å². The molecule has 33 heavy (non-hydrogen) atoms. The smallest absolute Gasteiger partial charge is 0.269 e. The normalized spacial score (nSPS) is 15.4. The van der Waals surface area contributed by atoms with E-state index in [1.54, 1.807) is 24.3 Å². The molecule has 0 N–H and O–H groups in total. The van der Waals surface area contributed by atoms with Gasteiger partial charge in [-0.15, -0.1) is 0 Å². The molecule has 2 fully saturated rings. The number of hydrogen-bond acceptors (Lipinski definition) is 7. The Bertz CT molecular complexity index is 913. The molecule has 2 saturated heterocycles. The van der Waals surface area contributed by atoms with Crippen LogP contribution in [0.1, 0.15) is 36.0 Å². The SMILES string of the molecule is C1CCOCC1.Cc1cc([N+](=O)[O-])ccc1N1CCOCC1.Cc1ccc([N+](=O)[O-])cc1C. The zero-order valence-electron chi connectivity index (χ0n) is 19.6. The Morgan fingerprint density at radius 1 is 0.697 bits per heavy atom. The van der Waals surface area contributed by atoms with E-state index in [1.807, 2.05) is 26.8 Å². The quantitative estimate of drug-likeness (QED) is 0.462. The van der Waals surface area contributed by atoms with Crippen LogP contribution in [0.2, 0.25) is 0 Å². The van der Waals surface area contributed by atoms with Crippen LogP contribution in [-0.4, -0.2) is 49.4 Å². The van der Waals surface area contributed by atoms with Crippen molar-refractivity contribution in [3.8, 4) is 0 Å². The summed E-state index contributed by atoms with van der Waals surface area (Å²) in [6.45, 7) is 10.8. The van der Waals surface area contributed by atoms with Gasteiger partial charge in [0.05, 0.1) is 23.1 Å². The number of anilines is 1. The van der Waals surface area contributed by atoms with Crippen molar-refractivity contribution in [3.63, 3.8) is 0 Å². The molecule has 0 aliphatic carbocycles. The van der Waals surface area contributed by atoms with Crippen LogP contribution < -0.4 is 4.90 Å². The first-order chi connectivity index (χ1) is 15.8. The van der Waals surface area contributed by atoms with E-state index in [4.69, 9.17) is 9.47 Å². The van der Waals surface area contributed by atoms with Crippen LogP contribution in [0.15, 0.2) is 36.4 Å². The summed E-state index contributed by atoms with van der Waals surface area (Å²) in [6.07, 6.45) is 3.93. The van der Waals surface area contributed by atoms with Crippen LogP contribution in [0.4, 0.5) is 17.1 Å². The fourth-order valence-corrected chi connectivity index (χ4v) is 3.44. The van der Waals surface area contributed by atoms with E-state index >= 15 is 0 Å². The Hall–Kier alpha value is -3.04. The Kier molecular flexibility index (Phi) is 10.7. The largest absolute Gasteiger partial charge is 0.381 e. The first-order valence-electron chi connectivity index (χ1n) is 11.2. The number of aryl methyl sites for hydroxylation is 3. The van der Waals surface area contributed by atoms with Crippen LogP contribution in [0.25, 0.3) is 0 Å². The molecule has 0 unspecified atom stereocenters. The van der Waals surface area contributed by atoms with E-state index in [1.165, 1.54) is 25.3 Å². The summed E-state index contributed by atoms with van der Waals surface area (Å²) in [5.74, 6) is 0. The zero-order chi connectivity index (χ0) is 24.2. The number of ether oxygens (including phenoxy) is 2. The minimum atomic E-state index is -0.382. The second-order valence-electron chi connectivity index (χ2n) is 8.03. The molecule has 2 aromatic rings.